The fourth-order valence-corrected chi connectivity index (χ4v) is 4.15. The quantitative estimate of drug-likeness (QED) is 0.534. The Balaban J connectivity index is 1.83. The van der Waals surface area contributed by atoms with Crippen molar-refractivity contribution in [3.63, 3.8) is 0 Å². The van der Waals surface area contributed by atoms with Crippen molar-refractivity contribution in [1.82, 2.24) is 9.78 Å². The first kappa shape index (κ1) is 21.6. The standard InChI is InChI=1S/C18H16Cl3N3O4S/c1-27-16-6-4-12(8-17(16)28-2)29(25,26)23-18-15(21)10-24(22-18)9-11-3-5-13(19)14(20)7-11/h3-8,10H,9H2,1-2H3,(H,22,23). The second kappa shape index (κ2) is 8.71. The Bertz CT molecular complexity index is 1150. The molecule has 0 saturated carbocycles. The van der Waals surface area contributed by atoms with Crippen LogP contribution in [-0.4, -0.2) is 32.4 Å². The molecule has 0 aliphatic rings. The van der Waals surface area contributed by atoms with E-state index in [0.29, 0.717) is 22.3 Å². The average Bonchev–Trinajstić information content (AvgIpc) is 3.02. The molecule has 3 aromatic rings. The van der Waals surface area contributed by atoms with Gasteiger partial charge in [-0.3, -0.25) is 9.40 Å². The maximum absolute atomic E-state index is 12.7. The number of aromatic nitrogens is 2. The topological polar surface area (TPSA) is 82.5 Å². The minimum atomic E-state index is -3.95. The molecule has 11 heteroatoms. The lowest BCUT2D eigenvalue weighted by molar-refractivity contribution is 0.354. The lowest BCUT2D eigenvalue weighted by Crippen LogP contribution is -2.14. The molecule has 0 aliphatic carbocycles. The molecule has 0 fully saturated rings. The lowest BCUT2D eigenvalue weighted by atomic mass is 10.2. The number of sulfonamides is 1. The van der Waals surface area contributed by atoms with Gasteiger partial charge in [0.05, 0.1) is 35.7 Å². The van der Waals surface area contributed by atoms with E-state index < -0.39 is 10.0 Å². The highest BCUT2D eigenvalue weighted by Crippen LogP contribution is 2.31. The van der Waals surface area contributed by atoms with Crippen molar-refractivity contribution in [1.29, 1.82) is 0 Å². The monoisotopic (exact) mass is 475 g/mol. The van der Waals surface area contributed by atoms with Crippen LogP contribution < -0.4 is 14.2 Å². The summed E-state index contributed by atoms with van der Waals surface area (Å²) < 4.78 is 39.6. The van der Waals surface area contributed by atoms with Crippen LogP contribution in [0.1, 0.15) is 5.56 Å². The molecule has 1 heterocycles. The molecular weight excluding hydrogens is 461 g/mol. The molecule has 1 aromatic heterocycles. The van der Waals surface area contributed by atoms with Gasteiger partial charge in [-0.05, 0) is 29.8 Å². The first-order chi connectivity index (χ1) is 13.7. The van der Waals surface area contributed by atoms with Crippen molar-refractivity contribution in [3.05, 3.63) is 63.2 Å². The molecule has 0 aliphatic heterocycles. The van der Waals surface area contributed by atoms with Crippen LogP contribution in [0.3, 0.4) is 0 Å². The van der Waals surface area contributed by atoms with Crippen molar-refractivity contribution >= 4 is 50.6 Å². The van der Waals surface area contributed by atoms with E-state index in [1.54, 1.807) is 18.2 Å². The minimum absolute atomic E-state index is 0.00140. The predicted octanol–water partition coefficient (Wildman–Crippen LogP) is 4.71. The van der Waals surface area contributed by atoms with Gasteiger partial charge in [0.2, 0.25) is 0 Å². The van der Waals surface area contributed by atoms with Gasteiger partial charge in [-0.25, -0.2) is 8.42 Å². The first-order valence-electron chi connectivity index (χ1n) is 8.15. The number of halogens is 3. The van der Waals surface area contributed by atoms with Crippen LogP contribution in [0.25, 0.3) is 0 Å². The summed E-state index contributed by atoms with van der Waals surface area (Å²) in [5, 5.41) is 5.21. The molecule has 2 aromatic carbocycles. The molecule has 0 amide bonds. The molecule has 0 unspecified atom stereocenters. The van der Waals surface area contributed by atoms with E-state index in [1.807, 2.05) is 0 Å². The zero-order chi connectivity index (χ0) is 21.2. The van der Waals surface area contributed by atoms with E-state index >= 15 is 0 Å². The van der Waals surface area contributed by atoms with Gasteiger partial charge in [-0.2, -0.15) is 5.10 Å². The molecule has 7 nitrogen and oxygen atoms in total. The van der Waals surface area contributed by atoms with E-state index in [9.17, 15) is 8.42 Å². The number of nitrogens with one attached hydrogen (secondary N) is 1. The zero-order valence-corrected chi connectivity index (χ0v) is 18.4. The molecule has 154 valence electrons. The summed E-state index contributed by atoms with van der Waals surface area (Å²) in [5.41, 5.74) is 0.827. The third kappa shape index (κ3) is 4.90. The molecule has 1 N–H and O–H groups in total. The van der Waals surface area contributed by atoms with Crippen LogP contribution >= 0.6 is 34.8 Å². The second-order valence-electron chi connectivity index (χ2n) is 5.89. The molecule has 0 atom stereocenters. The zero-order valence-electron chi connectivity index (χ0n) is 15.3. The second-order valence-corrected chi connectivity index (χ2v) is 8.80. The normalized spacial score (nSPS) is 11.3. The summed E-state index contributed by atoms with van der Waals surface area (Å²) in [6.07, 6.45) is 1.51. The van der Waals surface area contributed by atoms with Crippen molar-refractivity contribution in [2.75, 3.05) is 18.9 Å². The summed E-state index contributed by atoms with van der Waals surface area (Å²) in [4.78, 5) is -0.0229. The van der Waals surface area contributed by atoms with Crippen LogP contribution in [0.5, 0.6) is 11.5 Å². The Morgan fingerprint density at radius 2 is 1.69 bits per heavy atom. The molecule has 0 spiro atoms. The highest BCUT2D eigenvalue weighted by Gasteiger charge is 2.20. The number of anilines is 1. The highest BCUT2D eigenvalue weighted by molar-refractivity contribution is 7.92. The number of nitrogens with zero attached hydrogens (tertiary/aromatic N) is 2. The molecular formula is C18H16Cl3N3O4S. The first-order valence-corrected chi connectivity index (χ1v) is 10.8. The van der Waals surface area contributed by atoms with Gasteiger partial charge in [-0.1, -0.05) is 40.9 Å². The molecule has 0 bridgehead atoms. The number of hydrogen-bond acceptors (Lipinski definition) is 5. The largest absolute Gasteiger partial charge is 0.493 e. The number of methoxy groups -OCH3 is 2. The molecule has 29 heavy (non-hydrogen) atoms. The van der Waals surface area contributed by atoms with Crippen molar-refractivity contribution < 1.29 is 17.9 Å². The van der Waals surface area contributed by atoms with Gasteiger partial charge >= 0.3 is 0 Å². The van der Waals surface area contributed by atoms with E-state index in [2.05, 4.69) is 9.82 Å². The maximum Gasteiger partial charge on any atom is 0.263 e. The van der Waals surface area contributed by atoms with E-state index in [0.717, 1.165) is 5.56 Å². The summed E-state index contributed by atoms with van der Waals surface area (Å²) in [6.45, 7) is 0.328. The van der Waals surface area contributed by atoms with Crippen molar-refractivity contribution in [2.24, 2.45) is 0 Å². The number of ether oxygens (including phenoxy) is 2. The minimum Gasteiger partial charge on any atom is -0.493 e. The van der Waals surface area contributed by atoms with Gasteiger partial charge in [0.25, 0.3) is 10.0 Å². The Hall–Kier alpha value is -2.13. The van der Waals surface area contributed by atoms with Crippen molar-refractivity contribution in [3.8, 4) is 11.5 Å². The van der Waals surface area contributed by atoms with E-state index in [4.69, 9.17) is 44.3 Å². The van der Waals surface area contributed by atoms with Gasteiger partial charge in [0.15, 0.2) is 17.3 Å². The average molecular weight is 477 g/mol. The molecule has 3 rings (SSSR count). The fraction of sp³-hybridized carbons (Fsp3) is 0.167. The maximum atomic E-state index is 12.7. The molecule has 0 radical (unpaired) electrons. The van der Waals surface area contributed by atoms with Crippen LogP contribution in [0, 0.1) is 0 Å². The van der Waals surface area contributed by atoms with Crippen LogP contribution in [0.2, 0.25) is 15.1 Å². The third-order valence-corrected chi connectivity index (χ3v) is 6.29. The van der Waals surface area contributed by atoms with Crippen molar-refractivity contribution in [2.45, 2.75) is 11.4 Å². The Kier molecular flexibility index (Phi) is 6.48. The summed E-state index contributed by atoms with van der Waals surface area (Å²) >= 11 is 18.1. The van der Waals surface area contributed by atoms with E-state index in [1.165, 1.54) is 43.3 Å². The van der Waals surface area contributed by atoms with Crippen LogP contribution in [0.15, 0.2) is 47.5 Å². The fourth-order valence-electron chi connectivity index (χ4n) is 2.54. The lowest BCUT2D eigenvalue weighted by Gasteiger charge is -2.10. The summed E-state index contributed by atoms with van der Waals surface area (Å²) in [5.74, 6) is 0.698. The molecule has 0 saturated heterocycles. The Labute approximate surface area is 183 Å². The number of hydrogen-bond donors (Lipinski definition) is 1. The number of rotatable bonds is 7. The highest BCUT2D eigenvalue weighted by atomic mass is 35.5. The number of benzene rings is 2. The van der Waals surface area contributed by atoms with Crippen LogP contribution in [-0.2, 0) is 16.6 Å². The Morgan fingerprint density at radius 3 is 2.34 bits per heavy atom. The van der Waals surface area contributed by atoms with Gasteiger partial charge in [0, 0.05) is 12.3 Å². The third-order valence-electron chi connectivity index (χ3n) is 3.94. The SMILES string of the molecule is COc1ccc(S(=O)(=O)Nc2nn(Cc3ccc(Cl)c(Cl)c3)cc2Cl)cc1OC. The smallest absolute Gasteiger partial charge is 0.263 e. The van der Waals surface area contributed by atoms with Gasteiger partial charge < -0.3 is 9.47 Å². The predicted molar refractivity (Wildman–Crippen MR) is 113 cm³/mol. The van der Waals surface area contributed by atoms with Gasteiger partial charge in [-0.15, -0.1) is 0 Å². The van der Waals surface area contributed by atoms with Gasteiger partial charge in [0.1, 0.15) is 5.02 Å². The van der Waals surface area contributed by atoms with Crippen LogP contribution in [0.4, 0.5) is 5.82 Å². The summed E-state index contributed by atoms with van der Waals surface area (Å²) in [6, 6.07) is 9.40. The Morgan fingerprint density at radius 1 is 0.966 bits per heavy atom. The van der Waals surface area contributed by atoms with E-state index in [-0.39, 0.29) is 21.5 Å². The summed E-state index contributed by atoms with van der Waals surface area (Å²) in [7, 11) is -1.07.